The third kappa shape index (κ3) is 3.17. The molecule has 4 aliphatic rings. The Labute approximate surface area is 219 Å². The van der Waals surface area contributed by atoms with Gasteiger partial charge in [0.05, 0.1) is 23.4 Å². The normalized spacial score (nSPS) is 25.0. The number of aryl methyl sites for hydroxylation is 3. The van der Waals surface area contributed by atoms with Crippen LogP contribution in [0.4, 0.5) is 5.69 Å². The van der Waals surface area contributed by atoms with Gasteiger partial charge in [-0.15, -0.1) is 0 Å². The van der Waals surface area contributed by atoms with E-state index in [1.165, 1.54) is 4.90 Å². The number of carbonyl (C=O) groups excluding carboxylic acids is 3. The highest BCUT2D eigenvalue weighted by molar-refractivity contribution is 6.25. The number of anilines is 1. The van der Waals surface area contributed by atoms with E-state index in [1.54, 1.807) is 0 Å². The number of amides is 2. The van der Waals surface area contributed by atoms with Crippen LogP contribution in [-0.2, 0) is 14.4 Å². The fourth-order valence-corrected chi connectivity index (χ4v) is 6.31. The second-order valence-corrected chi connectivity index (χ2v) is 10.5. The first-order valence-corrected chi connectivity index (χ1v) is 12.7. The van der Waals surface area contributed by atoms with Crippen LogP contribution in [0, 0.1) is 38.5 Å². The summed E-state index contributed by atoms with van der Waals surface area (Å²) in [5.41, 5.74) is 5.60. The number of hydrogen-bond acceptors (Lipinski definition) is 6. The molecule has 0 N–H and O–H groups in total. The number of carbonyl (C=O) groups is 3. The minimum absolute atomic E-state index is 0.134. The van der Waals surface area contributed by atoms with Crippen LogP contribution in [-0.4, -0.2) is 24.6 Å². The minimum Gasteiger partial charge on any atom is -0.454 e. The summed E-state index contributed by atoms with van der Waals surface area (Å²) in [5, 5.41) is 0. The molecule has 190 valence electrons. The van der Waals surface area contributed by atoms with E-state index in [-0.39, 0.29) is 18.6 Å². The van der Waals surface area contributed by atoms with E-state index in [2.05, 4.69) is 0 Å². The third-order valence-corrected chi connectivity index (χ3v) is 8.14. The first kappa shape index (κ1) is 22.8. The van der Waals surface area contributed by atoms with Gasteiger partial charge in [-0.2, -0.15) is 0 Å². The number of hydrogen-bond donors (Lipinski definition) is 0. The summed E-state index contributed by atoms with van der Waals surface area (Å²) in [6.45, 7) is 5.87. The lowest BCUT2D eigenvalue weighted by Crippen LogP contribution is -2.42. The Morgan fingerprint density at radius 3 is 2.34 bits per heavy atom. The summed E-state index contributed by atoms with van der Waals surface area (Å²) < 4.78 is 16.9. The van der Waals surface area contributed by atoms with Gasteiger partial charge in [0.25, 0.3) is 0 Å². The minimum atomic E-state index is -0.889. The van der Waals surface area contributed by atoms with Crippen LogP contribution in [0.1, 0.15) is 33.7 Å². The maximum absolute atomic E-state index is 14.2. The van der Waals surface area contributed by atoms with Crippen molar-refractivity contribution in [2.24, 2.45) is 17.8 Å². The summed E-state index contributed by atoms with van der Waals surface area (Å²) in [7, 11) is 0. The molecule has 4 atom stereocenters. The van der Waals surface area contributed by atoms with Crippen LogP contribution in [0.15, 0.2) is 60.7 Å². The van der Waals surface area contributed by atoms with Gasteiger partial charge in [0.15, 0.2) is 11.5 Å². The average Bonchev–Trinajstić information content (AvgIpc) is 3.46. The molecule has 0 unspecified atom stereocenters. The van der Waals surface area contributed by atoms with Gasteiger partial charge >= 0.3 is 5.97 Å². The maximum Gasteiger partial charge on any atom is 0.319 e. The van der Waals surface area contributed by atoms with Gasteiger partial charge < -0.3 is 14.2 Å². The molecule has 0 radical (unpaired) electrons. The summed E-state index contributed by atoms with van der Waals surface area (Å²) >= 11 is 0. The van der Waals surface area contributed by atoms with Crippen molar-refractivity contribution < 1.29 is 28.6 Å². The fraction of sp³-hybridized carbons (Fsp3) is 0.258. The smallest absolute Gasteiger partial charge is 0.319 e. The molecule has 3 heterocycles. The number of nitrogens with zero attached hydrogens (tertiary/aromatic N) is 1. The van der Waals surface area contributed by atoms with Crippen LogP contribution in [0.25, 0.3) is 5.57 Å². The van der Waals surface area contributed by atoms with Crippen molar-refractivity contribution in [1.29, 1.82) is 0 Å². The molecule has 3 aromatic rings. The second-order valence-electron chi connectivity index (χ2n) is 10.5. The number of benzene rings is 3. The molecular formula is C31H25NO6. The van der Waals surface area contributed by atoms with Crippen LogP contribution in [0.2, 0.25) is 0 Å². The molecule has 0 bridgehead atoms. The van der Waals surface area contributed by atoms with Gasteiger partial charge in [-0.1, -0.05) is 36.4 Å². The predicted molar refractivity (Wildman–Crippen MR) is 139 cm³/mol. The van der Waals surface area contributed by atoms with Crippen LogP contribution in [0.5, 0.6) is 17.2 Å². The lowest BCUT2D eigenvalue weighted by molar-refractivity contribution is -0.142. The summed E-state index contributed by atoms with van der Waals surface area (Å²) in [5.74, 6) is -2.45. The van der Waals surface area contributed by atoms with Crippen molar-refractivity contribution in [3.8, 4) is 17.2 Å². The number of ether oxygens (including phenoxy) is 3. The monoisotopic (exact) mass is 507 g/mol. The zero-order valence-corrected chi connectivity index (χ0v) is 21.2. The Morgan fingerprint density at radius 1 is 0.763 bits per heavy atom. The summed E-state index contributed by atoms with van der Waals surface area (Å²) in [6.07, 6.45) is 1.98. The Hall–Kier alpha value is -4.39. The van der Waals surface area contributed by atoms with Gasteiger partial charge in [-0.25, -0.2) is 4.90 Å². The van der Waals surface area contributed by atoms with Crippen molar-refractivity contribution in [3.05, 3.63) is 88.5 Å². The molecule has 0 aromatic heterocycles. The summed E-state index contributed by atoms with van der Waals surface area (Å²) in [4.78, 5) is 43.1. The van der Waals surface area contributed by atoms with Crippen LogP contribution in [0.3, 0.4) is 0 Å². The molecule has 1 aliphatic carbocycles. The molecule has 7 rings (SSSR count). The number of fused-ring (bicyclic) bond motifs is 6. The molecule has 3 aliphatic heterocycles. The van der Waals surface area contributed by atoms with Gasteiger partial charge in [0.1, 0.15) is 5.75 Å². The standard InChI is InChI=1S/C31H25NO6/c1-15-4-6-17(3)22(10-15)32-29(33)26-20(18-7-9-23-25(12-18)37-14-36-23)13-21-19-8-5-16(2)11-24(19)38-31(35)27(21)28(26)30(32)34/h4-13,20,26-28H,14H2,1-3H3/t20-,26-,27-,28-/m1/s1. The van der Waals surface area contributed by atoms with Crippen molar-refractivity contribution in [1.82, 2.24) is 0 Å². The third-order valence-electron chi connectivity index (χ3n) is 8.14. The topological polar surface area (TPSA) is 82.1 Å². The molecule has 1 fully saturated rings. The Bertz CT molecular complexity index is 1600. The van der Waals surface area contributed by atoms with Gasteiger partial charge in [-0.05, 0) is 72.9 Å². The van der Waals surface area contributed by atoms with Crippen molar-refractivity contribution in [3.63, 3.8) is 0 Å². The van der Waals surface area contributed by atoms with Gasteiger partial charge in [-0.3, -0.25) is 14.4 Å². The number of esters is 1. The molecule has 38 heavy (non-hydrogen) atoms. The Morgan fingerprint density at radius 2 is 1.50 bits per heavy atom. The van der Waals surface area contributed by atoms with E-state index in [4.69, 9.17) is 14.2 Å². The van der Waals surface area contributed by atoms with E-state index < -0.39 is 29.6 Å². The number of allylic oxidation sites excluding steroid dienone is 1. The van der Waals surface area contributed by atoms with Gasteiger partial charge in [0.2, 0.25) is 18.6 Å². The van der Waals surface area contributed by atoms with E-state index in [1.807, 2.05) is 81.4 Å². The zero-order chi connectivity index (χ0) is 26.3. The van der Waals surface area contributed by atoms with Crippen LogP contribution < -0.4 is 19.1 Å². The van der Waals surface area contributed by atoms with E-state index in [0.717, 1.165) is 33.4 Å². The van der Waals surface area contributed by atoms with Crippen molar-refractivity contribution >= 4 is 29.0 Å². The van der Waals surface area contributed by atoms with Crippen molar-refractivity contribution in [2.75, 3.05) is 11.7 Å². The molecule has 2 amide bonds. The Kier molecular flexibility index (Phi) is 4.83. The first-order valence-electron chi connectivity index (χ1n) is 12.7. The average molecular weight is 508 g/mol. The Balaban J connectivity index is 1.44. The second kappa shape index (κ2) is 8.05. The van der Waals surface area contributed by atoms with Crippen molar-refractivity contribution in [2.45, 2.75) is 26.7 Å². The highest BCUT2D eigenvalue weighted by Crippen LogP contribution is 2.55. The predicted octanol–water partition coefficient (Wildman–Crippen LogP) is 4.86. The molecule has 7 nitrogen and oxygen atoms in total. The zero-order valence-electron chi connectivity index (χ0n) is 21.2. The largest absolute Gasteiger partial charge is 0.454 e. The van der Waals surface area contributed by atoms with Crippen LogP contribution >= 0.6 is 0 Å². The molecule has 1 saturated heterocycles. The lowest BCUT2D eigenvalue weighted by atomic mass is 9.64. The molecule has 0 spiro atoms. The highest BCUT2D eigenvalue weighted by Gasteiger charge is 2.60. The fourth-order valence-electron chi connectivity index (χ4n) is 6.31. The quantitative estimate of drug-likeness (QED) is 0.280. The molecular weight excluding hydrogens is 482 g/mol. The van der Waals surface area contributed by atoms with E-state index >= 15 is 0 Å². The highest BCUT2D eigenvalue weighted by atomic mass is 16.7. The molecule has 0 saturated carbocycles. The molecule has 7 heteroatoms. The van der Waals surface area contributed by atoms with E-state index in [9.17, 15) is 14.4 Å². The van der Waals surface area contributed by atoms with Gasteiger partial charge in [0, 0.05) is 11.5 Å². The lowest BCUT2D eigenvalue weighted by Gasteiger charge is -2.38. The maximum atomic E-state index is 14.2. The number of imide groups is 1. The molecule has 3 aromatic carbocycles. The number of rotatable bonds is 2. The summed E-state index contributed by atoms with van der Waals surface area (Å²) in [6, 6.07) is 17.0. The van der Waals surface area contributed by atoms with E-state index in [0.29, 0.717) is 22.9 Å². The SMILES string of the molecule is Cc1ccc2c(c1)OC(=O)[C@@H]1C2=C[C@H](c2ccc3c(c2)OCO3)[C@H]2C(=O)N(c3cc(C)ccc3C)C(=O)[C@@H]12. The first-order chi connectivity index (χ1) is 18.3.